The lowest BCUT2D eigenvalue weighted by Gasteiger charge is -2.18. The summed E-state index contributed by atoms with van der Waals surface area (Å²) in [5.74, 6) is 0.00123. The molecule has 3 N–H and O–H groups in total. The lowest BCUT2D eigenvalue weighted by molar-refractivity contribution is 0.0995. The number of sulfonamides is 1. The van der Waals surface area contributed by atoms with Crippen molar-refractivity contribution in [2.45, 2.75) is 13.3 Å². The van der Waals surface area contributed by atoms with Crippen LogP contribution in [0.5, 0.6) is 5.75 Å². The molecule has 0 atom stereocenters. The first-order valence-corrected chi connectivity index (χ1v) is 10.8. The molecule has 0 unspecified atom stereocenters. The molecule has 0 saturated heterocycles. The van der Waals surface area contributed by atoms with Gasteiger partial charge in [-0.2, -0.15) is 0 Å². The van der Waals surface area contributed by atoms with Crippen molar-refractivity contribution in [1.82, 2.24) is 4.90 Å². The molecule has 7 nitrogen and oxygen atoms in total. The van der Waals surface area contributed by atoms with Gasteiger partial charge in [-0.3, -0.25) is 9.52 Å². The molecule has 0 saturated carbocycles. The SMILES string of the molecule is Cc1ccc(OCCN(C)CCc2ccc(NS(C)(=O)=O)cc2)c(C(N)=O)c1.Cl. The number of carbonyl (C=O) groups excluding carboxylic acids is 1. The zero-order chi connectivity index (χ0) is 20.7. The average molecular weight is 442 g/mol. The van der Waals surface area contributed by atoms with Crippen LogP contribution in [-0.4, -0.2) is 52.2 Å². The monoisotopic (exact) mass is 441 g/mol. The van der Waals surface area contributed by atoms with E-state index in [1.807, 2.05) is 32.2 Å². The zero-order valence-corrected chi connectivity index (χ0v) is 18.5. The van der Waals surface area contributed by atoms with E-state index in [2.05, 4.69) is 9.62 Å². The molecule has 29 heavy (non-hydrogen) atoms. The van der Waals surface area contributed by atoms with Crippen molar-refractivity contribution in [2.24, 2.45) is 5.73 Å². The number of benzene rings is 2. The number of halogens is 1. The number of aryl methyl sites for hydroxylation is 1. The second kappa shape index (κ2) is 11.0. The molecule has 0 heterocycles. The Morgan fingerprint density at radius 2 is 1.79 bits per heavy atom. The number of ether oxygens (including phenoxy) is 1. The van der Waals surface area contributed by atoms with Crippen LogP contribution < -0.4 is 15.2 Å². The normalized spacial score (nSPS) is 11.0. The second-order valence-electron chi connectivity index (χ2n) is 6.84. The highest BCUT2D eigenvalue weighted by atomic mass is 35.5. The first-order valence-electron chi connectivity index (χ1n) is 8.92. The van der Waals surface area contributed by atoms with Gasteiger partial charge in [0.25, 0.3) is 5.91 Å². The zero-order valence-electron chi connectivity index (χ0n) is 16.8. The Bertz CT molecular complexity index is 918. The topological polar surface area (TPSA) is 102 Å². The summed E-state index contributed by atoms with van der Waals surface area (Å²) < 4.78 is 30.6. The minimum absolute atomic E-state index is 0. The van der Waals surface area contributed by atoms with Gasteiger partial charge >= 0.3 is 0 Å². The van der Waals surface area contributed by atoms with E-state index in [0.29, 0.717) is 30.2 Å². The quantitative estimate of drug-likeness (QED) is 0.589. The number of nitrogens with zero attached hydrogens (tertiary/aromatic N) is 1. The summed E-state index contributed by atoms with van der Waals surface area (Å²) >= 11 is 0. The van der Waals surface area contributed by atoms with Gasteiger partial charge < -0.3 is 15.4 Å². The molecule has 0 spiro atoms. The molecule has 2 aromatic carbocycles. The van der Waals surface area contributed by atoms with Gasteiger partial charge in [0.15, 0.2) is 0 Å². The third-order valence-electron chi connectivity index (χ3n) is 4.17. The van der Waals surface area contributed by atoms with Crippen molar-refractivity contribution < 1.29 is 17.9 Å². The summed E-state index contributed by atoms with van der Waals surface area (Å²) in [5.41, 5.74) is 8.42. The summed E-state index contributed by atoms with van der Waals surface area (Å²) in [6.07, 6.45) is 1.95. The number of nitrogens with two attached hydrogens (primary N) is 1. The van der Waals surface area contributed by atoms with Gasteiger partial charge in [-0.1, -0.05) is 23.8 Å². The maximum atomic E-state index is 11.5. The minimum atomic E-state index is -3.26. The van der Waals surface area contributed by atoms with Gasteiger partial charge in [-0.25, -0.2) is 8.42 Å². The van der Waals surface area contributed by atoms with Crippen molar-refractivity contribution in [3.05, 3.63) is 59.2 Å². The Kier molecular flexibility index (Phi) is 9.42. The Labute approximate surface area is 178 Å². The third-order valence-corrected chi connectivity index (χ3v) is 4.78. The Morgan fingerprint density at radius 1 is 1.14 bits per heavy atom. The van der Waals surface area contributed by atoms with Gasteiger partial charge in [0.05, 0.1) is 11.8 Å². The van der Waals surface area contributed by atoms with Gasteiger partial charge in [0, 0.05) is 18.8 Å². The molecule has 0 aliphatic heterocycles. The van der Waals surface area contributed by atoms with Crippen LogP contribution in [0, 0.1) is 6.92 Å². The molecule has 0 radical (unpaired) electrons. The highest BCUT2D eigenvalue weighted by Gasteiger charge is 2.10. The number of amides is 1. The van der Waals surface area contributed by atoms with Crippen LogP contribution >= 0.6 is 12.4 Å². The van der Waals surface area contributed by atoms with E-state index in [4.69, 9.17) is 10.5 Å². The van der Waals surface area contributed by atoms with Gasteiger partial charge in [-0.15, -0.1) is 12.4 Å². The van der Waals surface area contributed by atoms with Crippen molar-refractivity contribution >= 4 is 34.0 Å². The Balaban J connectivity index is 0.00000420. The fourth-order valence-corrected chi connectivity index (χ4v) is 3.22. The number of anilines is 1. The molecule has 2 aromatic rings. The first kappa shape index (κ1) is 24.7. The van der Waals surface area contributed by atoms with E-state index >= 15 is 0 Å². The van der Waals surface area contributed by atoms with Gasteiger partial charge in [0.1, 0.15) is 12.4 Å². The predicted molar refractivity (Wildman–Crippen MR) is 119 cm³/mol. The van der Waals surface area contributed by atoms with Crippen molar-refractivity contribution in [2.75, 3.05) is 37.7 Å². The Morgan fingerprint density at radius 3 is 2.38 bits per heavy atom. The number of hydrogen-bond acceptors (Lipinski definition) is 5. The summed E-state index contributed by atoms with van der Waals surface area (Å²) in [6.45, 7) is 3.85. The number of hydrogen-bond donors (Lipinski definition) is 2. The summed E-state index contributed by atoms with van der Waals surface area (Å²) in [7, 11) is -1.27. The number of primary amides is 1. The molecule has 1 amide bonds. The lowest BCUT2D eigenvalue weighted by Crippen LogP contribution is -2.27. The molecular formula is C20H28ClN3O4S. The second-order valence-corrected chi connectivity index (χ2v) is 8.59. The molecule has 9 heteroatoms. The van der Waals surface area contributed by atoms with Crippen molar-refractivity contribution in [1.29, 1.82) is 0 Å². The van der Waals surface area contributed by atoms with Crippen LogP contribution in [0.4, 0.5) is 5.69 Å². The van der Waals surface area contributed by atoms with E-state index in [0.717, 1.165) is 30.3 Å². The van der Waals surface area contributed by atoms with Crippen molar-refractivity contribution in [3.8, 4) is 5.75 Å². The van der Waals surface area contributed by atoms with E-state index in [-0.39, 0.29) is 12.4 Å². The molecule has 0 aromatic heterocycles. The fourth-order valence-electron chi connectivity index (χ4n) is 2.66. The highest BCUT2D eigenvalue weighted by Crippen LogP contribution is 2.19. The largest absolute Gasteiger partial charge is 0.491 e. The van der Waals surface area contributed by atoms with Crippen molar-refractivity contribution in [3.63, 3.8) is 0 Å². The molecule has 0 aliphatic rings. The summed E-state index contributed by atoms with van der Waals surface area (Å²) in [5, 5.41) is 0. The van der Waals surface area contributed by atoms with Crippen LogP contribution in [0.3, 0.4) is 0 Å². The summed E-state index contributed by atoms with van der Waals surface area (Å²) in [4.78, 5) is 13.7. The smallest absolute Gasteiger partial charge is 0.252 e. The molecular weight excluding hydrogens is 414 g/mol. The maximum absolute atomic E-state index is 11.5. The van der Waals surface area contributed by atoms with E-state index in [1.54, 1.807) is 24.3 Å². The van der Waals surface area contributed by atoms with Gasteiger partial charge in [-0.05, 0) is 50.2 Å². The maximum Gasteiger partial charge on any atom is 0.252 e. The van der Waals surface area contributed by atoms with E-state index in [9.17, 15) is 13.2 Å². The lowest BCUT2D eigenvalue weighted by atomic mass is 10.1. The van der Waals surface area contributed by atoms with Crippen LogP contribution in [0.1, 0.15) is 21.5 Å². The number of carbonyl (C=O) groups is 1. The van der Waals surface area contributed by atoms with Crippen LogP contribution in [0.2, 0.25) is 0 Å². The molecule has 0 fully saturated rings. The number of likely N-dealkylation sites (N-methyl/N-ethyl adjacent to an activating group) is 1. The summed E-state index contributed by atoms with van der Waals surface area (Å²) in [6, 6.07) is 12.7. The molecule has 0 aliphatic carbocycles. The van der Waals surface area contributed by atoms with Crippen LogP contribution in [0.25, 0.3) is 0 Å². The van der Waals surface area contributed by atoms with Crippen LogP contribution in [0.15, 0.2) is 42.5 Å². The Hall–Kier alpha value is -2.29. The molecule has 2 rings (SSSR count). The predicted octanol–water partition coefficient (Wildman–Crippen LogP) is 2.44. The molecule has 0 bridgehead atoms. The molecule has 160 valence electrons. The van der Waals surface area contributed by atoms with E-state index in [1.165, 1.54) is 0 Å². The highest BCUT2D eigenvalue weighted by molar-refractivity contribution is 7.92. The standard InChI is InChI=1S/C20H27N3O4S.ClH/c1-15-4-9-19(18(14-15)20(21)24)27-13-12-23(2)11-10-16-5-7-17(8-6-16)22-28(3,25)26;/h4-9,14,22H,10-13H2,1-3H3,(H2,21,24);1H. The fraction of sp³-hybridized carbons (Fsp3) is 0.350. The third kappa shape index (κ3) is 8.72. The van der Waals surface area contributed by atoms with Gasteiger partial charge in [0.2, 0.25) is 10.0 Å². The average Bonchev–Trinajstić information content (AvgIpc) is 2.61. The number of nitrogens with one attached hydrogen (secondary N) is 1. The van der Waals surface area contributed by atoms with Crippen LogP contribution in [-0.2, 0) is 16.4 Å². The first-order chi connectivity index (χ1) is 13.1. The van der Waals surface area contributed by atoms with E-state index < -0.39 is 15.9 Å². The minimum Gasteiger partial charge on any atom is -0.491 e. The number of rotatable bonds is 10.